The molecule has 1 aromatic rings. The number of nitrogens with one attached hydrogen (secondary N) is 2. The molecule has 0 spiro atoms. The maximum Gasteiger partial charge on any atom is 0.229 e. The second-order valence-corrected chi connectivity index (χ2v) is 7.50. The third-order valence-corrected chi connectivity index (χ3v) is 4.17. The van der Waals surface area contributed by atoms with Crippen LogP contribution >= 0.6 is 0 Å². The number of benzene rings is 1. The largest absolute Gasteiger partial charge is 0.326 e. The predicted molar refractivity (Wildman–Crippen MR) is 83.5 cm³/mol. The van der Waals surface area contributed by atoms with E-state index in [-0.39, 0.29) is 12.3 Å². The van der Waals surface area contributed by atoms with Crippen LogP contribution < -0.4 is 15.8 Å². The Hall–Kier alpha value is -1.60. The number of amides is 1. The fourth-order valence-electron chi connectivity index (χ4n) is 2.66. The summed E-state index contributed by atoms with van der Waals surface area (Å²) in [5.74, 6) is -0.143. The Morgan fingerprint density at radius 1 is 1.29 bits per heavy atom. The van der Waals surface area contributed by atoms with Crippen LogP contribution in [0.1, 0.15) is 32.1 Å². The van der Waals surface area contributed by atoms with Crippen molar-refractivity contribution in [2.75, 3.05) is 16.3 Å². The van der Waals surface area contributed by atoms with Gasteiger partial charge in [0.15, 0.2) is 0 Å². The van der Waals surface area contributed by atoms with Gasteiger partial charge < -0.3 is 11.1 Å². The van der Waals surface area contributed by atoms with Gasteiger partial charge in [0.1, 0.15) is 0 Å². The molecule has 0 atom stereocenters. The van der Waals surface area contributed by atoms with Crippen LogP contribution in [0, 0.1) is 0 Å². The number of hydrogen-bond acceptors (Lipinski definition) is 4. The molecular formula is C14H21N3O3S. The average Bonchev–Trinajstić information content (AvgIpc) is 2.73. The summed E-state index contributed by atoms with van der Waals surface area (Å²) in [6.07, 6.45) is 5.24. The van der Waals surface area contributed by atoms with Crippen LogP contribution in [-0.2, 0) is 14.8 Å². The third kappa shape index (κ3) is 5.02. The molecule has 1 aliphatic carbocycles. The van der Waals surface area contributed by atoms with Crippen molar-refractivity contribution in [1.29, 1.82) is 0 Å². The summed E-state index contributed by atoms with van der Waals surface area (Å²) in [6.45, 7) is 0. The van der Waals surface area contributed by atoms with Crippen LogP contribution in [0.15, 0.2) is 24.3 Å². The molecule has 0 radical (unpaired) electrons. The van der Waals surface area contributed by atoms with Crippen molar-refractivity contribution in [3.63, 3.8) is 0 Å². The Morgan fingerprint density at radius 2 is 1.90 bits per heavy atom. The first-order chi connectivity index (χ1) is 9.76. The molecule has 0 unspecified atom stereocenters. The highest BCUT2D eigenvalue weighted by molar-refractivity contribution is 7.92. The molecule has 1 aromatic carbocycles. The molecule has 0 bridgehead atoms. The van der Waals surface area contributed by atoms with Gasteiger partial charge in [0, 0.05) is 17.6 Å². The molecule has 2 rings (SSSR count). The van der Waals surface area contributed by atoms with Gasteiger partial charge in [-0.1, -0.05) is 18.9 Å². The summed E-state index contributed by atoms with van der Waals surface area (Å²) in [4.78, 5) is 12.0. The summed E-state index contributed by atoms with van der Waals surface area (Å²) >= 11 is 0. The van der Waals surface area contributed by atoms with Gasteiger partial charge in [-0.15, -0.1) is 0 Å². The molecule has 1 amide bonds. The lowest BCUT2D eigenvalue weighted by atomic mass is 9.94. The van der Waals surface area contributed by atoms with Crippen molar-refractivity contribution in [3.8, 4) is 0 Å². The number of hydrogen-bond donors (Lipinski definition) is 3. The summed E-state index contributed by atoms with van der Waals surface area (Å²) in [7, 11) is -3.33. The minimum absolute atomic E-state index is 0.143. The van der Waals surface area contributed by atoms with Crippen LogP contribution in [-0.4, -0.2) is 26.1 Å². The van der Waals surface area contributed by atoms with Crippen molar-refractivity contribution < 1.29 is 13.2 Å². The molecule has 1 fully saturated rings. The second-order valence-electron chi connectivity index (χ2n) is 5.75. The summed E-state index contributed by atoms with van der Waals surface area (Å²) < 4.78 is 24.8. The van der Waals surface area contributed by atoms with E-state index < -0.39 is 15.6 Å². The monoisotopic (exact) mass is 311 g/mol. The molecular weight excluding hydrogens is 290 g/mol. The minimum Gasteiger partial charge on any atom is -0.326 e. The zero-order valence-corrected chi connectivity index (χ0v) is 12.9. The highest BCUT2D eigenvalue weighted by atomic mass is 32.2. The maximum absolute atomic E-state index is 12.0. The van der Waals surface area contributed by atoms with Crippen LogP contribution in [0.25, 0.3) is 0 Å². The number of carbonyl (C=O) groups excluding carboxylic acids is 1. The predicted octanol–water partition coefficient (Wildman–Crippen LogP) is 1.66. The first kappa shape index (κ1) is 15.8. The fraction of sp³-hybridized carbons (Fsp3) is 0.500. The molecule has 116 valence electrons. The molecule has 0 saturated heterocycles. The van der Waals surface area contributed by atoms with E-state index in [1.165, 1.54) is 0 Å². The van der Waals surface area contributed by atoms with E-state index in [0.717, 1.165) is 31.9 Å². The second kappa shape index (κ2) is 6.03. The lowest BCUT2D eigenvalue weighted by molar-refractivity contribution is -0.117. The Kier molecular flexibility index (Phi) is 4.53. The fourth-order valence-corrected chi connectivity index (χ4v) is 3.21. The van der Waals surface area contributed by atoms with E-state index >= 15 is 0 Å². The topological polar surface area (TPSA) is 101 Å². The van der Waals surface area contributed by atoms with Gasteiger partial charge in [0.25, 0.3) is 0 Å². The van der Waals surface area contributed by atoms with Crippen LogP contribution in [0.2, 0.25) is 0 Å². The molecule has 0 aliphatic heterocycles. The minimum atomic E-state index is -3.33. The highest BCUT2D eigenvalue weighted by Crippen LogP contribution is 2.30. The molecule has 6 nitrogen and oxygen atoms in total. The molecule has 1 saturated carbocycles. The standard InChI is InChI=1S/C14H21N3O3S/c1-21(19,20)17-12-6-4-5-11(9-12)16-13(18)10-14(15)7-2-3-8-14/h4-6,9,17H,2-3,7-8,10,15H2,1H3,(H,16,18). The number of rotatable bonds is 5. The number of carbonyl (C=O) groups is 1. The van der Waals surface area contributed by atoms with Crippen molar-refractivity contribution in [1.82, 2.24) is 0 Å². The molecule has 4 N–H and O–H groups in total. The SMILES string of the molecule is CS(=O)(=O)Nc1cccc(NC(=O)CC2(N)CCCC2)c1. The molecule has 21 heavy (non-hydrogen) atoms. The highest BCUT2D eigenvalue weighted by Gasteiger charge is 2.31. The molecule has 7 heteroatoms. The van der Waals surface area contributed by atoms with E-state index in [2.05, 4.69) is 10.0 Å². The first-order valence-corrected chi connectivity index (χ1v) is 8.82. The quantitative estimate of drug-likeness (QED) is 0.769. The number of sulfonamides is 1. The van der Waals surface area contributed by atoms with Crippen LogP contribution in [0.5, 0.6) is 0 Å². The smallest absolute Gasteiger partial charge is 0.229 e. The van der Waals surface area contributed by atoms with Crippen LogP contribution in [0.3, 0.4) is 0 Å². The Labute approximate surface area is 125 Å². The van der Waals surface area contributed by atoms with Gasteiger partial charge in [-0.2, -0.15) is 0 Å². The first-order valence-electron chi connectivity index (χ1n) is 6.92. The Balaban J connectivity index is 1.99. The van der Waals surface area contributed by atoms with Crippen molar-refractivity contribution in [3.05, 3.63) is 24.3 Å². The molecule has 0 heterocycles. The number of anilines is 2. The third-order valence-electron chi connectivity index (χ3n) is 3.56. The van der Waals surface area contributed by atoms with E-state index in [1.807, 2.05) is 0 Å². The lowest BCUT2D eigenvalue weighted by Gasteiger charge is -2.22. The lowest BCUT2D eigenvalue weighted by Crippen LogP contribution is -2.40. The van der Waals surface area contributed by atoms with Gasteiger partial charge in [0.05, 0.1) is 11.9 Å². The molecule has 1 aliphatic rings. The van der Waals surface area contributed by atoms with Gasteiger partial charge in [-0.3, -0.25) is 9.52 Å². The van der Waals surface area contributed by atoms with Crippen molar-refractivity contribution in [2.24, 2.45) is 5.73 Å². The van der Waals surface area contributed by atoms with E-state index in [0.29, 0.717) is 11.4 Å². The summed E-state index contributed by atoms with van der Waals surface area (Å²) in [5, 5.41) is 2.77. The average molecular weight is 311 g/mol. The van der Waals surface area contributed by atoms with Gasteiger partial charge in [0.2, 0.25) is 15.9 Å². The molecule has 0 aromatic heterocycles. The summed E-state index contributed by atoms with van der Waals surface area (Å²) in [5.41, 5.74) is 6.74. The van der Waals surface area contributed by atoms with E-state index in [1.54, 1.807) is 24.3 Å². The zero-order valence-electron chi connectivity index (χ0n) is 12.1. The Morgan fingerprint density at radius 3 is 2.52 bits per heavy atom. The van der Waals surface area contributed by atoms with E-state index in [4.69, 9.17) is 5.73 Å². The number of nitrogens with two attached hydrogens (primary N) is 1. The van der Waals surface area contributed by atoms with E-state index in [9.17, 15) is 13.2 Å². The van der Waals surface area contributed by atoms with Gasteiger partial charge >= 0.3 is 0 Å². The van der Waals surface area contributed by atoms with Gasteiger partial charge in [-0.05, 0) is 31.0 Å². The zero-order chi connectivity index (χ0) is 15.5. The Bertz CT molecular complexity index is 622. The summed E-state index contributed by atoms with van der Waals surface area (Å²) in [6, 6.07) is 6.59. The van der Waals surface area contributed by atoms with Crippen LogP contribution in [0.4, 0.5) is 11.4 Å². The normalized spacial score (nSPS) is 17.4. The van der Waals surface area contributed by atoms with Crippen molar-refractivity contribution in [2.45, 2.75) is 37.6 Å². The maximum atomic E-state index is 12.0. The van der Waals surface area contributed by atoms with Gasteiger partial charge in [-0.25, -0.2) is 8.42 Å². The van der Waals surface area contributed by atoms with Crippen molar-refractivity contribution >= 4 is 27.3 Å².